The molecule has 0 aliphatic heterocycles. The van der Waals surface area contributed by atoms with E-state index < -0.39 is 0 Å². The molecule has 0 saturated carbocycles. The molecule has 0 radical (unpaired) electrons. The van der Waals surface area contributed by atoms with Gasteiger partial charge in [-0.15, -0.1) is 0 Å². The molecule has 0 atom stereocenters. The second-order valence-corrected chi connectivity index (χ2v) is 3.93. The van der Waals surface area contributed by atoms with Gasteiger partial charge in [0.05, 0.1) is 18.0 Å². The van der Waals surface area contributed by atoms with Crippen LogP contribution in [0.15, 0.2) is 41.0 Å². The van der Waals surface area contributed by atoms with Crippen LogP contribution >= 0.6 is 11.7 Å². The van der Waals surface area contributed by atoms with Gasteiger partial charge in [-0.05, 0) is 30.3 Å². The average molecular weight is 245 g/mol. The van der Waals surface area contributed by atoms with Gasteiger partial charge in [-0.1, -0.05) is 0 Å². The number of carbonyl (C=O) groups is 1. The topological polar surface area (TPSA) is 68.0 Å². The fourth-order valence-corrected chi connectivity index (χ4v) is 1.98. The molecule has 0 saturated heterocycles. The zero-order chi connectivity index (χ0) is 11.7. The zero-order valence-corrected chi connectivity index (χ0v) is 9.40. The highest BCUT2D eigenvalue weighted by molar-refractivity contribution is 7.00. The third-order valence-electron chi connectivity index (χ3n) is 2.26. The van der Waals surface area contributed by atoms with Crippen molar-refractivity contribution in [1.82, 2.24) is 8.75 Å². The Morgan fingerprint density at radius 1 is 1.24 bits per heavy atom. The maximum absolute atomic E-state index is 11.7. The first-order chi connectivity index (χ1) is 8.33. The van der Waals surface area contributed by atoms with E-state index >= 15 is 0 Å². The Labute approximate surface area is 100 Å². The van der Waals surface area contributed by atoms with Crippen molar-refractivity contribution in [3.63, 3.8) is 0 Å². The lowest BCUT2D eigenvalue weighted by Gasteiger charge is -2.02. The minimum absolute atomic E-state index is 0.279. The van der Waals surface area contributed by atoms with Crippen molar-refractivity contribution < 1.29 is 9.21 Å². The summed E-state index contributed by atoms with van der Waals surface area (Å²) < 4.78 is 13.2. The Bertz CT molecular complexity index is 660. The van der Waals surface area contributed by atoms with Crippen LogP contribution in [0, 0.1) is 0 Å². The van der Waals surface area contributed by atoms with E-state index in [1.165, 1.54) is 6.26 Å². The molecular formula is C11H7N3O2S. The summed E-state index contributed by atoms with van der Waals surface area (Å²) in [7, 11) is 0. The molecule has 5 nitrogen and oxygen atoms in total. The van der Waals surface area contributed by atoms with Gasteiger partial charge >= 0.3 is 0 Å². The first-order valence-corrected chi connectivity index (χ1v) is 5.63. The van der Waals surface area contributed by atoms with Crippen molar-refractivity contribution in [2.75, 3.05) is 5.32 Å². The number of furan rings is 1. The second kappa shape index (κ2) is 3.99. The predicted molar refractivity (Wildman–Crippen MR) is 64.1 cm³/mol. The van der Waals surface area contributed by atoms with Gasteiger partial charge in [-0.3, -0.25) is 4.79 Å². The van der Waals surface area contributed by atoms with Crippen molar-refractivity contribution in [1.29, 1.82) is 0 Å². The van der Waals surface area contributed by atoms with Gasteiger partial charge in [0.2, 0.25) is 0 Å². The number of hydrogen-bond donors (Lipinski definition) is 1. The van der Waals surface area contributed by atoms with E-state index in [0.717, 1.165) is 22.8 Å². The highest BCUT2D eigenvalue weighted by atomic mass is 32.1. The molecule has 1 N–H and O–H groups in total. The lowest BCUT2D eigenvalue weighted by Crippen LogP contribution is -2.10. The first kappa shape index (κ1) is 9.98. The first-order valence-electron chi connectivity index (χ1n) is 4.90. The largest absolute Gasteiger partial charge is 0.459 e. The van der Waals surface area contributed by atoms with Crippen LogP contribution in [0.1, 0.15) is 10.6 Å². The number of hydrogen-bond acceptors (Lipinski definition) is 5. The SMILES string of the molecule is O=C(Nc1ccc2nsnc2c1)c1ccco1. The number of anilines is 1. The maximum atomic E-state index is 11.7. The van der Waals surface area contributed by atoms with Crippen LogP contribution in [0.5, 0.6) is 0 Å². The second-order valence-electron chi connectivity index (χ2n) is 3.40. The third-order valence-corrected chi connectivity index (χ3v) is 2.81. The van der Waals surface area contributed by atoms with Gasteiger partial charge in [0.25, 0.3) is 5.91 Å². The molecule has 0 bridgehead atoms. The summed E-state index contributed by atoms with van der Waals surface area (Å²) in [6.07, 6.45) is 1.46. The zero-order valence-electron chi connectivity index (χ0n) is 8.58. The molecule has 3 aromatic rings. The molecule has 2 heterocycles. The van der Waals surface area contributed by atoms with Gasteiger partial charge in [-0.2, -0.15) is 8.75 Å². The average Bonchev–Trinajstić information content (AvgIpc) is 2.99. The lowest BCUT2D eigenvalue weighted by atomic mass is 10.2. The summed E-state index contributed by atoms with van der Waals surface area (Å²) in [6.45, 7) is 0. The molecule has 2 aromatic heterocycles. The van der Waals surface area contributed by atoms with Gasteiger partial charge in [0.1, 0.15) is 11.0 Å². The molecule has 1 aromatic carbocycles. The van der Waals surface area contributed by atoms with E-state index in [-0.39, 0.29) is 11.7 Å². The van der Waals surface area contributed by atoms with Gasteiger partial charge in [-0.25, -0.2) is 0 Å². The van der Waals surface area contributed by atoms with Crippen molar-refractivity contribution in [3.05, 3.63) is 42.4 Å². The molecule has 0 spiro atoms. The highest BCUT2D eigenvalue weighted by Crippen LogP contribution is 2.17. The Morgan fingerprint density at radius 3 is 2.94 bits per heavy atom. The van der Waals surface area contributed by atoms with Crippen molar-refractivity contribution in [3.8, 4) is 0 Å². The molecule has 84 valence electrons. The Morgan fingerprint density at radius 2 is 2.12 bits per heavy atom. The summed E-state index contributed by atoms with van der Waals surface area (Å²) >= 11 is 1.15. The number of benzene rings is 1. The summed E-state index contributed by atoms with van der Waals surface area (Å²) in [4.78, 5) is 11.7. The summed E-state index contributed by atoms with van der Waals surface area (Å²) in [6, 6.07) is 8.65. The van der Waals surface area contributed by atoms with E-state index in [9.17, 15) is 4.79 Å². The maximum Gasteiger partial charge on any atom is 0.291 e. The van der Waals surface area contributed by atoms with E-state index in [2.05, 4.69) is 14.1 Å². The Kier molecular flexibility index (Phi) is 2.34. The molecule has 6 heteroatoms. The van der Waals surface area contributed by atoms with Gasteiger partial charge in [0.15, 0.2) is 5.76 Å². The number of nitrogens with zero attached hydrogens (tertiary/aromatic N) is 2. The van der Waals surface area contributed by atoms with Crippen molar-refractivity contribution in [2.24, 2.45) is 0 Å². The summed E-state index contributed by atoms with van der Waals surface area (Å²) in [5.41, 5.74) is 2.27. The monoisotopic (exact) mass is 245 g/mol. The molecule has 0 fully saturated rings. The van der Waals surface area contributed by atoms with Crippen LogP contribution < -0.4 is 5.32 Å². The molecule has 0 unspecified atom stereocenters. The molecule has 3 rings (SSSR count). The number of aromatic nitrogens is 2. The van der Waals surface area contributed by atoms with Crippen LogP contribution in [-0.4, -0.2) is 14.7 Å². The molecule has 0 aliphatic carbocycles. The smallest absolute Gasteiger partial charge is 0.291 e. The molecule has 1 amide bonds. The highest BCUT2D eigenvalue weighted by Gasteiger charge is 2.09. The van der Waals surface area contributed by atoms with Crippen LogP contribution in [0.4, 0.5) is 5.69 Å². The normalized spacial score (nSPS) is 10.6. The number of rotatable bonds is 2. The number of amides is 1. The van der Waals surface area contributed by atoms with Gasteiger partial charge in [0, 0.05) is 5.69 Å². The molecule has 17 heavy (non-hydrogen) atoms. The standard InChI is InChI=1S/C11H7N3O2S/c15-11(10-2-1-5-16-10)12-7-3-4-8-9(6-7)14-17-13-8/h1-6H,(H,12,15). The van der Waals surface area contributed by atoms with Crippen LogP contribution in [0.25, 0.3) is 11.0 Å². The molecular weight excluding hydrogens is 238 g/mol. The summed E-state index contributed by atoms with van der Waals surface area (Å²) in [5, 5.41) is 2.73. The van der Waals surface area contributed by atoms with Crippen LogP contribution in [-0.2, 0) is 0 Å². The summed E-state index contributed by atoms with van der Waals surface area (Å²) in [5.74, 6) is -0.000890. The van der Waals surface area contributed by atoms with E-state index in [0.29, 0.717) is 5.69 Å². The Hall–Kier alpha value is -2.21. The minimum atomic E-state index is -0.280. The van der Waals surface area contributed by atoms with E-state index in [4.69, 9.17) is 4.42 Å². The van der Waals surface area contributed by atoms with Crippen molar-refractivity contribution in [2.45, 2.75) is 0 Å². The number of carbonyl (C=O) groups excluding carboxylic acids is 1. The number of nitrogens with one attached hydrogen (secondary N) is 1. The Balaban J connectivity index is 1.87. The molecule has 0 aliphatic rings. The fourth-order valence-electron chi connectivity index (χ4n) is 1.46. The lowest BCUT2D eigenvalue weighted by molar-refractivity contribution is 0.0996. The van der Waals surface area contributed by atoms with Gasteiger partial charge < -0.3 is 9.73 Å². The third kappa shape index (κ3) is 1.90. The number of fused-ring (bicyclic) bond motifs is 1. The van der Waals surface area contributed by atoms with E-state index in [1.807, 2.05) is 6.07 Å². The minimum Gasteiger partial charge on any atom is -0.459 e. The van der Waals surface area contributed by atoms with E-state index in [1.54, 1.807) is 24.3 Å². The quantitative estimate of drug-likeness (QED) is 0.753. The van der Waals surface area contributed by atoms with Crippen molar-refractivity contribution >= 4 is 34.4 Å². The fraction of sp³-hybridized carbons (Fsp3) is 0. The predicted octanol–water partition coefficient (Wildman–Crippen LogP) is 2.54. The van der Waals surface area contributed by atoms with Crippen LogP contribution in [0.3, 0.4) is 0 Å². The van der Waals surface area contributed by atoms with Crippen LogP contribution in [0.2, 0.25) is 0 Å².